The van der Waals surface area contributed by atoms with Crippen molar-refractivity contribution < 1.29 is 4.79 Å². The molecule has 0 aromatic rings. The molecule has 3 heteroatoms. The van der Waals surface area contributed by atoms with E-state index in [-0.39, 0.29) is 6.04 Å². The zero-order valence-corrected chi connectivity index (χ0v) is 8.94. The molecule has 0 unspecified atom stereocenters. The number of rotatable bonds is 6. The molecule has 0 fully saturated rings. The van der Waals surface area contributed by atoms with Crippen molar-refractivity contribution >= 4 is 12.1 Å². The molecule has 0 amide bonds. The topological polar surface area (TPSA) is 32.7 Å². The summed E-state index contributed by atoms with van der Waals surface area (Å²) in [6.45, 7) is 9.26. The lowest BCUT2D eigenvalue weighted by molar-refractivity contribution is -0.108. The van der Waals surface area contributed by atoms with Crippen molar-refractivity contribution in [2.45, 2.75) is 25.8 Å². The Balaban J connectivity index is 4.32. The fourth-order valence-electron chi connectivity index (χ4n) is 1.11. The Morgan fingerprint density at radius 2 is 2.21 bits per heavy atom. The van der Waals surface area contributed by atoms with Crippen LogP contribution in [0.3, 0.4) is 0 Å². The van der Waals surface area contributed by atoms with Crippen molar-refractivity contribution in [2.75, 3.05) is 7.05 Å². The summed E-state index contributed by atoms with van der Waals surface area (Å²) < 4.78 is 0. The predicted molar refractivity (Wildman–Crippen MR) is 60.4 cm³/mol. The SMILES string of the molecule is C=CN=C(C=C)N(C)[C@@H](C)CCC=O. The molecule has 0 rings (SSSR count). The van der Waals surface area contributed by atoms with Crippen LogP contribution in [0.4, 0.5) is 0 Å². The molecule has 0 aromatic heterocycles. The third kappa shape index (κ3) is 4.03. The second kappa shape index (κ2) is 7.06. The highest BCUT2D eigenvalue weighted by Crippen LogP contribution is 2.05. The van der Waals surface area contributed by atoms with Crippen molar-refractivity contribution in [1.82, 2.24) is 4.90 Å². The Morgan fingerprint density at radius 3 is 2.64 bits per heavy atom. The molecule has 0 aliphatic rings. The van der Waals surface area contributed by atoms with Crippen LogP contribution >= 0.6 is 0 Å². The Hall–Kier alpha value is -1.38. The Morgan fingerprint density at radius 1 is 1.57 bits per heavy atom. The van der Waals surface area contributed by atoms with Crippen LogP contribution in [0.15, 0.2) is 30.4 Å². The second-order valence-corrected chi connectivity index (χ2v) is 3.08. The van der Waals surface area contributed by atoms with E-state index in [0.29, 0.717) is 6.42 Å². The first-order chi connectivity index (χ1) is 6.67. The van der Waals surface area contributed by atoms with Gasteiger partial charge in [0.2, 0.25) is 0 Å². The van der Waals surface area contributed by atoms with Crippen LogP contribution in [-0.2, 0) is 4.79 Å². The fourth-order valence-corrected chi connectivity index (χ4v) is 1.11. The highest BCUT2D eigenvalue weighted by atomic mass is 16.1. The monoisotopic (exact) mass is 194 g/mol. The fraction of sp³-hybridized carbons (Fsp3) is 0.455. The Kier molecular flexibility index (Phi) is 6.37. The van der Waals surface area contributed by atoms with Gasteiger partial charge in [-0.05, 0) is 19.4 Å². The maximum Gasteiger partial charge on any atom is 0.127 e. The van der Waals surface area contributed by atoms with E-state index < -0.39 is 0 Å². The normalized spacial score (nSPS) is 13.1. The molecular formula is C11H18N2O. The number of aldehydes is 1. The highest BCUT2D eigenvalue weighted by molar-refractivity contribution is 5.92. The van der Waals surface area contributed by atoms with Crippen LogP contribution in [-0.4, -0.2) is 30.1 Å². The van der Waals surface area contributed by atoms with Crippen molar-refractivity contribution in [3.63, 3.8) is 0 Å². The molecule has 3 nitrogen and oxygen atoms in total. The summed E-state index contributed by atoms with van der Waals surface area (Å²) in [5.74, 6) is 0.776. The molecule has 1 atom stereocenters. The molecule has 0 aromatic carbocycles. The average molecular weight is 194 g/mol. The number of hydrogen-bond acceptors (Lipinski definition) is 2. The van der Waals surface area contributed by atoms with Crippen molar-refractivity contribution in [3.8, 4) is 0 Å². The van der Waals surface area contributed by atoms with E-state index in [1.807, 2.05) is 18.9 Å². The van der Waals surface area contributed by atoms with E-state index in [9.17, 15) is 4.79 Å². The predicted octanol–water partition coefficient (Wildman–Crippen LogP) is 2.01. The van der Waals surface area contributed by atoms with E-state index in [0.717, 1.165) is 18.5 Å². The number of likely N-dealkylation sites (N-methyl/N-ethyl adjacent to an activating group) is 1. The van der Waals surface area contributed by atoms with Gasteiger partial charge < -0.3 is 9.69 Å². The number of nitrogens with zero attached hydrogens (tertiary/aromatic N) is 2. The van der Waals surface area contributed by atoms with Gasteiger partial charge in [0.05, 0.1) is 0 Å². The van der Waals surface area contributed by atoms with Crippen LogP contribution < -0.4 is 0 Å². The summed E-state index contributed by atoms with van der Waals surface area (Å²) in [4.78, 5) is 16.3. The maximum absolute atomic E-state index is 10.2. The molecule has 0 aliphatic carbocycles. The van der Waals surface area contributed by atoms with E-state index in [4.69, 9.17) is 0 Å². The molecule has 14 heavy (non-hydrogen) atoms. The van der Waals surface area contributed by atoms with Crippen LogP contribution in [0.25, 0.3) is 0 Å². The van der Waals surface area contributed by atoms with Gasteiger partial charge in [-0.3, -0.25) is 0 Å². The number of aliphatic imine (C=N–C) groups is 1. The molecule has 0 radical (unpaired) electrons. The summed E-state index contributed by atoms with van der Waals surface area (Å²) in [5.41, 5.74) is 0. The van der Waals surface area contributed by atoms with Crippen LogP contribution in [0.5, 0.6) is 0 Å². The Labute approximate surface area is 85.8 Å². The smallest absolute Gasteiger partial charge is 0.127 e. The largest absolute Gasteiger partial charge is 0.357 e. The van der Waals surface area contributed by atoms with E-state index in [1.165, 1.54) is 6.20 Å². The van der Waals surface area contributed by atoms with Gasteiger partial charge >= 0.3 is 0 Å². The number of carbonyl (C=O) groups is 1. The number of amidine groups is 1. The minimum absolute atomic E-state index is 0.275. The highest BCUT2D eigenvalue weighted by Gasteiger charge is 2.10. The molecule has 78 valence electrons. The minimum Gasteiger partial charge on any atom is -0.357 e. The van der Waals surface area contributed by atoms with Gasteiger partial charge in [-0.2, -0.15) is 0 Å². The van der Waals surface area contributed by atoms with Gasteiger partial charge in [-0.25, -0.2) is 4.99 Å². The first kappa shape index (κ1) is 12.6. The van der Waals surface area contributed by atoms with Crippen LogP contribution in [0.2, 0.25) is 0 Å². The van der Waals surface area contributed by atoms with Gasteiger partial charge in [-0.1, -0.05) is 13.2 Å². The summed E-state index contributed by atoms with van der Waals surface area (Å²) in [6.07, 6.45) is 5.50. The van der Waals surface area contributed by atoms with Gasteiger partial charge in [0.1, 0.15) is 12.1 Å². The second-order valence-electron chi connectivity index (χ2n) is 3.08. The summed E-state index contributed by atoms with van der Waals surface area (Å²) in [6, 6.07) is 0.275. The molecular weight excluding hydrogens is 176 g/mol. The molecule has 0 heterocycles. The lowest BCUT2D eigenvalue weighted by Crippen LogP contribution is -2.33. The molecule has 0 N–H and O–H groups in total. The quantitative estimate of drug-likeness (QED) is 0.368. The number of hydrogen-bond donors (Lipinski definition) is 0. The first-order valence-electron chi connectivity index (χ1n) is 4.65. The van der Waals surface area contributed by atoms with Gasteiger partial charge in [-0.15, -0.1) is 0 Å². The molecule has 0 bridgehead atoms. The zero-order valence-electron chi connectivity index (χ0n) is 8.94. The number of carbonyl (C=O) groups excluding carboxylic acids is 1. The van der Waals surface area contributed by atoms with Gasteiger partial charge in [0, 0.05) is 25.7 Å². The lowest BCUT2D eigenvalue weighted by Gasteiger charge is -2.25. The molecule has 0 spiro atoms. The third-order valence-electron chi connectivity index (χ3n) is 2.13. The van der Waals surface area contributed by atoms with Crippen LogP contribution in [0, 0.1) is 0 Å². The third-order valence-corrected chi connectivity index (χ3v) is 2.13. The summed E-state index contributed by atoms with van der Waals surface area (Å²) >= 11 is 0. The minimum atomic E-state index is 0.275. The molecule has 0 aliphatic heterocycles. The average Bonchev–Trinajstić information content (AvgIpc) is 2.21. The summed E-state index contributed by atoms with van der Waals surface area (Å²) in [7, 11) is 1.93. The maximum atomic E-state index is 10.2. The Bertz CT molecular complexity index is 233. The van der Waals surface area contributed by atoms with E-state index in [1.54, 1.807) is 6.08 Å². The molecule has 0 saturated carbocycles. The van der Waals surface area contributed by atoms with Crippen molar-refractivity contribution in [1.29, 1.82) is 0 Å². The lowest BCUT2D eigenvalue weighted by atomic mass is 10.1. The summed E-state index contributed by atoms with van der Waals surface area (Å²) in [5, 5.41) is 0. The first-order valence-corrected chi connectivity index (χ1v) is 4.65. The van der Waals surface area contributed by atoms with Crippen molar-refractivity contribution in [3.05, 3.63) is 25.4 Å². The van der Waals surface area contributed by atoms with Gasteiger partial charge in [0.25, 0.3) is 0 Å². The standard InChI is InChI=1S/C11H18N2O/c1-5-11(12-6-2)13(4)10(3)8-7-9-14/h5-6,9-10H,1-2,7-8H2,3-4H3/t10-/m0/s1. The van der Waals surface area contributed by atoms with Crippen LogP contribution in [0.1, 0.15) is 19.8 Å². The zero-order chi connectivity index (χ0) is 11.0. The van der Waals surface area contributed by atoms with E-state index >= 15 is 0 Å². The van der Waals surface area contributed by atoms with Crippen molar-refractivity contribution in [2.24, 2.45) is 4.99 Å². The molecule has 0 saturated heterocycles. The van der Waals surface area contributed by atoms with Gasteiger partial charge in [0.15, 0.2) is 0 Å². The van der Waals surface area contributed by atoms with E-state index in [2.05, 4.69) is 18.2 Å².